The lowest BCUT2D eigenvalue weighted by molar-refractivity contribution is 1.10. The molecule has 2 rings (SSSR count). The van der Waals surface area contributed by atoms with Crippen molar-refractivity contribution < 1.29 is 0 Å². The molecule has 0 saturated heterocycles. The van der Waals surface area contributed by atoms with Gasteiger partial charge in [0.25, 0.3) is 0 Å². The first-order chi connectivity index (χ1) is 4.88. The number of anilines is 1. The minimum atomic E-state index is 0. The van der Waals surface area contributed by atoms with Gasteiger partial charge in [0.1, 0.15) is 0 Å². The van der Waals surface area contributed by atoms with Crippen LogP contribution in [0.1, 0.15) is 5.56 Å². The Bertz CT molecular complexity index is 262. The lowest BCUT2D eigenvalue weighted by atomic mass is 10.2. The Morgan fingerprint density at radius 3 is 2.91 bits per heavy atom. The van der Waals surface area contributed by atoms with E-state index < -0.39 is 0 Å². The molecule has 0 bridgehead atoms. The van der Waals surface area contributed by atoms with Crippen LogP contribution in [0.2, 0.25) is 0 Å². The molecule has 1 aromatic carbocycles. The molecule has 0 saturated carbocycles. The molecule has 0 spiro atoms. The molecular formula is C8H9BrClN. The summed E-state index contributed by atoms with van der Waals surface area (Å²) in [6.07, 6.45) is 1.15. The second kappa shape index (κ2) is 3.46. The number of fused-ring (bicyclic) bond motifs is 1. The Kier molecular flexibility index (Phi) is 2.79. The van der Waals surface area contributed by atoms with Crippen molar-refractivity contribution in [3.8, 4) is 0 Å². The number of benzene rings is 1. The third-order valence-electron chi connectivity index (χ3n) is 1.81. The summed E-state index contributed by atoms with van der Waals surface area (Å²) in [5, 5.41) is 3.31. The zero-order valence-corrected chi connectivity index (χ0v) is 8.33. The number of hydrogen-bond acceptors (Lipinski definition) is 1. The van der Waals surface area contributed by atoms with Gasteiger partial charge < -0.3 is 5.32 Å². The fourth-order valence-electron chi connectivity index (χ4n) is 1.30. The average Bonchev–Trinajstić information content (AvgIpc) is 2.36. The van der Waals surface area contributed by atoms with Crippen molar-refractivity contribution in [1.29, 1.82) is 0 Å². The van der Waals surface area contributed by atoms with Gasteiger partial charge in [0.2, 0.25) is 0 Å². The van der Waals surface area contributed by atoms with Gasteiger partial charge in [-0.1, -0.05) is 22.0 Å². The monoisotopic (exact) mass is 233 g/mol. The number of hydrogen-bond donors (Lipinski definition) is 1. The van der Waals surface area contributed by atoms with Crippen molar-refractivity contribution in [3.63, 3.8) is 0 Å². The number of nitrogens with one attached hydrogen (secondary N) is 1. The van der Waals surface area contributed by atoms with Crippen LogP contribution in [0.5, 0.6) is 0 Å². The van der Waals surface area contributed by atoms with Crippen molar-refractivity contribution in [2.75, 3.05) is 11.9 Å². The minimum Gasteiger partial charge on any atom is -0.384 e. The van der Waals surface area contributed by atoms with Crippen LogP contribution >= 0.6 is 28.3 Å². The van der Waals surface area contributed by atoms with E-state index >= 15 is 0 Å². The fourth-order valence-corrected chi connectivity index (χ4v) is 1.86. The molecule has 1 heterocycles. The van der Waals surface area contributed by atoms with Gasteiger partial charge in [0.15, 0.2) is 0 Å². The fraction of sp³-hybridized carbons (Fsp3) is 0.250. The van der Waals surface area contributed by atoms with Crippen LogP contribution in [0.3, 0.4) is 0 Å². The van der Waals surface area contributed by atoms with Crippen LogP contribution in [-0.4, -0.2) is 6.54 Å². The molecule has 0 aromatic heterocycles. The molecule has 0 aliphatic carbocycles. The SMILES string of the molecule is Brc1cccc2c1CCN2.Cl. The van der Waals surface area contributed by atoms with Gasteiger partial charge in [-0.25, -0.2) is 0 Å². The van der Waals surface area contributed by atoms with Gasteiger partial charge in [0.05, 0.1) is 0 Å². The molecule has 1 aromatic rings. The van der Waals surface area contributed by atoms with Gasteiger partial charge >= 0.3 is 0 Å². The lowest BCUT2D eigenvalue weighted by Crippen LogP contribution is -1.90. The molecule has 11 heavy (non-hydrogen) atoms. The smallest absolute Gasteiger partial charge is 0.0384 e. The summed E-state index contributed by atoms with van der Waals surface area (Å²) in [6, 6.07) is 6.26. The zero-order valence-electron chi connectivity index (χ0n) is 5.93. The molecule has 1 aliphatic heterocycles. The maximum Gasteiger partial charge on any atom is 0.0384 e. The lowest BCUT2D eigenvalue weighted by Gasteiger charge is -1.99. The first-order valence-corrected chi connectivity index (χ1v) is 4.18. The Morgan fingerprint density at radius 2 is 2.18 bits per heavy atom. The highest BCUT2D eigenvalue weighted by atomic mass is 79.9. The van der Waals surface area contributed by atoms with Crippen molar-refractivity contribution in [3.05, 3.63) is 28.2 Å². The Labute approximate surface area is 80.7 Å². The van der Waals surface area contributed by atoms with Gasteiger partial charge in [-0.15, -0.1) is 12.4 Å². The van der Waals surface area contributed by atoms with E-state index in [0.29, 0.717) is 0 Å². The van der Waals surface area contributed by atoms with E-state index in [-0.39, 0.29) is 12.4 Å². The van der Waals surface area contributed by atoms with E-state index in [4.69, 9.17) is 0 Å². The highest BCUT2D eigenvalue weighted by molar-refractivity contribution is 9.10. The Balaban J connectivity index is 0.000000605. The van der Waals surface area contributed by atoms with Gasteiger partial charge in [0, 0.05) is 16.7 Å². The normalized spacial score (nSPS) is 13.2. The summed E-state index contributed by atoms with van der Waals surface area (Å²) < 4.78 is 1.23. The Hall–Kier alpha value is -0.210. The number of halogens is 2. The number of rotatable bonds is 0. The molecule has 0 unspecified atom stereocenters. The molecule has 0 radical (unpaired) electrons. The predicted octanol–water partition coefficient (Wildman–Crippen LogP) is 2.84. The largest absolute Gasteiger partial charge is 0.384 e. The first kappa shape index (κ1) is 8.88. The minimum absolute atomic E-state index is 0. The highest BCUT2D eigenvalue weighted by Crippen LogP contribution is 2.28. The molecule has 0 amide bonds. The third-order valence-corrected chi connectivity index (χ3v) is 2.55. The van der Waals surface area contributed by atoms with Crippen LogP contribution in [0.25, 0.3) is 0 Å². The summed E-state index contributed by atoms with van der Waals surface area (Å²) in [5.74, 6) is 0. The van der Waals surface area contributed by atoms with Crippen LogP contribution in [0, 0.1) is 0 Å². The first-order valence-electron chi connectivity index (χ1n) is 3.39. The van der Waals surface area contributed by atoms with Crippen LogP contribution in [0.4, 0.5) is 5.69 Å². The quantitative estimate of drug-likeness (QED) is 0.728. The van der Waals surface area contributed by atoms with E-state index in [1.54, 1.807) is 0 Å². The van der Waals surface area contributed by atoms with E-state index in [1.165, 1.54) is 15.7 Å². The van der Waals surface area contributed by atoms with Gasteiger partial charge in [-0.3, -0.25) is 0 Å². The Morgan fingerprint density at radius 1 is 1.36 bits per heavy atom. The average molecular weight is 235 g/mol. The second-order valence-corrected chi connectivity index (χ2v) is 3.30. The van der Waals surface area contributed by atoms with Crippen molar-refractivity contribution in [2.24, 2.45) is 0 Å². The van der Waals surface area contributed by atoms with Crippen molar-refractivity contribution >= 4 is 34.0 Å². The van der Waals surface area contributed by atoms with E-state index in [1.807, 2.05) is 0 Å². The van der Waals surface area contributed by atoms with Crippen LogP contribution in [0.15, 0.2) is 22.7 Å². The molecule has 60 valence electrons. The van der Waals surface area contributed by atoms with Gasteiger partial charge in [-0.2, -0.15) is 0 Å². The standard InChI is InChI=1S/C8H8BrN.ClH/c9-7-2-1-3-8-6(7)4-5-10-8;/h1-3,10H,4-5H2;1H. The van der Waals surface area contributed by atoms with Crippen molar-refractivity contribution in [2.45, 2.75) is 6.42 Å². The molecule has 3 heteroatoms. The van der Waals surface area contributed by atoms with Crippen molar-refractivity contribution in [1.82, 2.24) is 0 Å². The molecular weight excluding hydrogens is 225 g/mol. The van der Waals surface area contributed by atoms with Crippen LogP contribution in [-0.2, 0) is 6.42 Å². The van der Waals surface area contributed by atoms with E-state index in [0.717, 1.165) is 13.0 Å². The third kappa shape index (κ3) is 1.52. The van der Waals surface area contributed by atoms with Crippen LogP contribution < -0.4 is 5.32 Å². The van der Waals surface area contributed by atoms with E-state index in [9.17, 15) is 0 Å². The predicted molar refractivity (Wildman–Crippen MR) is 53.6 cm³/mol. The summed E-state index contributed by atoms with van der Waals surface area (Å²) >= 11 is 3.51. The highest BCUT2D eigenvalue weighted by Gasteiger charge is 2.10. The maximum absolute atomic E-state index is 3.51. The zero-order chi connectivity index (χ0) is 6.97. The second-order valence-electron chi connectivity index (χ2n) is 2.44. The summed E-state index contributed by atoms with van der Waals surface area (Å²) in [7, 11) is 0. The molecule has 1 N–H and O–H groups in total. The maximum atomic E-state index is 3.51. The molecule has 1 aliphatic rings. The summed E-state index contributed by atoms with van der Waals surface area (Å²) in [5.41, 5.74) is 2.71. The molecule has 0 fully saturated rings. The topological polar surface area (TPSA) is 12.0 Å². The van der Waals surface area contributed by atoms with E-state index in [2.05, 4.69) is 39.4 Å². The molecule has 0 atom stereocenters. The summed E-state index contributed by atoms with van der Waals surface area (Å²) in [6.45, 7) is 1.08. The van der Waals surface area contributed by atoms with Gasteiger partial charge in [-0.05, 0) is 24.1 Å². The summed E-state index contributed by atoms with van der Waals surface area (Å²) in [4.78, 5) is 0. The molecule has 1 nitrogen and oxygen atoms in total.